The molecule has 0 spiro atoms. The standard InChI is InChI=1S/C7H7N2O2S/c8-6-2-1-5-4-12-9(10,11)7(5)3-6/h1-3H,4,8H2/q-1. The molecule has 0 saturated carbocycles. The van der Waals surface area contributed by atoms with E-state index in [1.54, 1.807) is 12.1 Å². The first-order valence-electron chi connectivity index (χ1n) is 3.44. The first kappa shape index (κ1) is 7.88. The summed E-state index contributed by atoms with van der Waals surface area (Å²) in [7, 11) is 0. The average molecular weight is 183 g/mol. The normalized spacial score (nSPS) is 19.2. The zero-order chi connectivity index (χ0) is 8.77. The van der Waals surface area contributed by atoms with Gasteiger partial charge in [0.05, 0.1) is 17.7 Å². The van der Waals surface area contributed by atoms with Gasteiger partial charge in [0.2, 0.25) is 0 Å². The van der Waals surface area contributed by atoms with Crippen molar-refractivity contribution in [1.29, 1.82) is 0 Å². The number of nitrogens with two attached hydrogens (primary N) is 1. The Bertz CT molecular complexity index is 327. The van der Waals surface area contributed by atoms with Crippen LogP contribution in [0.1, 0.15) is 5.56 Å². The van der Waals surface area contributed by atoms with Crippen LogP contribution in [0, 0.1) is 10.4 Å². The summed E-state index contributed by atoms with van der Waals surface area (Å²) in [6.45, 7) is 0. The summed E-state index contributed by atoms with van der Waals surface area (Å²) in [6.07, 6.45) is 0. The van der Waals surface area contributed by atoms with Crippen LogP contribution in [0.25, 0.3) is 0 Å². The molecule has 0 radical (unpaired) electrons. The molecular weight excluding hydrogens is 176 g/mol. The molecule has 4 nitrogen and oxygen atoms in total. The minimum atomic E-state index is -1.61. The first-order valence-corrected chi connectivity index (χ1v) is 4.38. The summed E-state index contributed by atoms with van der Waals surface area (Å²) in [6, 6.07) is 4.88. The molecule has 2 N–H and O–H groups in total. The maximum Gasteiger partial charge on any atom is 0.150 e. The van der Waals surface area contributed by atoms with Crippen molar-refractivity contribution in [2.75, 3.05) is 5.73 Å². The number of hydrogen-bond acceptors (Lipinski definition) is 4. The van der Waals surface area contributed by atoms with E-state index < -0.39 is 4.21 Å². The van der Waals surface area contributed by atoms with E-state index in [2.05, 4.69) is 0 Å². The second-order valence-electron chi connectivity index (χ2n) is 2.66. The molecule has 0 aliphatic carbocycles. The Morgan fingerprint density at radius 3 is 2.92 bits per heavy atom. The fourth-order valence-electron chi connectivity index (χ4n) is 1.18. The van der Waals surface area contributed by atoms with E-state index in [0.29, 0.717) is 11.4 Å². The van der Waals surface area contributed by atoms with Crippen molar-refractivity contribution in [1.82, 2.24) is 4.21 Å². The zero-order valence-corrected chi connectivity index (χ0v) is 7.00. The van der Waals surface area contributed by atoms with Gasteiger partial charge in [-0.25, -0.2) is 0 Å². The van der Waals surface area contributed by atoms with Gasteiger partial charge in [0, 0.05) is 17.3 Å². The van der Waals surface area contributed by atoms with Crippen molar-refractivity contribution in [3.8, 4) is 0 Å². The van der Waals surface area contributed by atoms with E-state index >= 15 is 0 Å². The smallest absolute Gasteiger partial charge is 0.150 e. The van der Waals surface area contributed by atoms with Gasteiger partial charge in [-0.2, -0.15) is 0 Å². The Labute approximate surface area is 73.9 Å². The Hall–Kier alpha value is -0.750. The van der Waals surface area contributed by atoms with Crippen molar-refractivity contribution in [3.05, 3.63) is 34.2 Å². The van der Waals surface area contributed by atoms with E-state index in [-0.39, 0.29) is 5.69 Å². The summed E-state index contributed by atoms with van der Waals surface area (Å²) in [5, 5.41) is 22.3. The van der Waals surface area contributed by atoms with E-state index in [0.717, 1.165) is 17.5 Å². The molecule has 0 atom stereocenters. The van der Waals surface area contributed by atoms with Crippen molar-refractivity contribution in [3.63, 3.8) is 0 Å². The van der Waals surface area contributed by atoms with E-state index in [9.17, 15) is 10.4 Å². The highest BCUT2D eigenvalue weighted by Crippen LogP contribution is 2.43. The Morgan fingerprint density at radius 1 is 1.42 bits per heavy atom. The van der Waals surface area contributed by atoms with Gasteiger partial charge in [-0.05, 0) is 12.1 Å². The lowest BCUT2D eigenvalue weighted by atomic mass is 10.2. The predicted molar refractivity (Wildman–Crippen MR) is 50.7 cm³/mol. The van der Waals surface area contributed by atoms with Gasteiger partial charge in [-0.3, -0.25) is 0 Å². The van der Waals surface area contributed by atoms with Crippen molar-refractivity contribution in [2.45, 2.75) is 5.75 Å². The van der Waals surface area contributed by atoms with Crippen LogP contribution in [0.2, 0.25) is 0 Å². The lowest BCUT2D eigenvalue weighted by Gasteiger charge is -2.39. The lowest BCUT2D eigenvalue weighted by molar-refractivity contribution is 0.825. The van der Waals surface area contributed by atoms with Gasteiger partial charge in [-0.15, -0.1) is 0 Å². The van der Waals surface area contributed by atoms with Crippen molar-refractivity contribution in [2.24, 2.45) is 0 Å². The van der Waals surface area contributed by atoms with Gasteiger partial charge in [0.15, 0.2) is 5.69 Å². The highest BCUT2D eigenvalue weighted by atomic mass is 32.2. The Morgan fingerprint density at radius 2 is 2.17 bits per heavy atom. The molecule has 1 aliphatic rings. The molecule has 0 aromatic heterocycles. The largest absolute Gasteiger partial charge is 0.614 e. The van der Waals surface area contributed by atoms with Gasteiger partial charge in [0.25, 0.3) is 0 Å². The molecular formula is C7H7N2O2S-. The molecule has 0 unspecified atom stereocenters. The lowest BCUT2D eigenvalue weighted by Crippen LogP contribution is -2.23. The molecule has 5 heteroatoms. The maximum atomic E-state index is 11.2. The molecule has 0 fully saturated rings. The van der Waals surface area contributed by atoms with Crippen LogP contribution < -0.4 is 9.95 Å². The second kappa shape index (κ2) is 2.37. The molecule has 0 amide bonds. The molecule has 1 aliphatic heterocycles. The molecule has 1 aromatic rings. The number of nitrogen functional groups attached to an aromatic ring is 1. The quantitative estimate of drug-likeness (QED) is 0.288. The number of quaternary nitrogens is 1. The SMILES string of the molecule is Nc1ccc2c(c1)[N+]([O-])([O-])SC2. The molecule has 2 rings (SSSR count). The summed E-state index contributed by atoms with van der Waals surface area (Å²) < 4.78 is -1.61. The number of hydrogen-bond donors (Lipinski definition) is 1. The van der Waals surface area contributed by atoms with Gasteiger partial charge >= 0.3 is 0 Å². The van der Waals surface area contributed by atoms with Crippen molar-refractivity contribution < 1.29 is 0 Å². The molecule has 0 bridgehead atoms. The van der Waals surface area contributed by atoms with Crippen LogP contribution in [0.15, 0.2) is 18.2 Å². The topological polar surface area (TPSA) is 72.1 Å². The summed E-state index contributed by atoms with van der Waals surface area (Å²) >= 11 is 0.808. The summed E-state index contributed by atoms with van der Waals surface area (Å²) in [5.41, 5.74) is 6.95. The third-order valence-electron chi connectivity index (χ3n) is 1.79. The fourth-order valence-corrected chi connectivity index (χ4v) is 2.04. The van der Waals surface area contributed by atoms with E-state index in [1.165, 1.54) is 6.07 Å². The third-order valence-corrected chi connectivity index (χ3v) is 2.77. The number of benzene rings is 1. The minimum absolute atomic E-state index is 0.236. The van der Waals surface area contributed by atoms with Gasteiger partial charge in [0.1, 0.15) is 0 Å². The predicted octanol–water partition coefficient (Wildman–Crippen LogP) is 1.73. The van der Waals surface area contributed by atoms with Crippen LogP contribution in [-0.2, 0) is 5.75 Å². The molecule has 1 heterocycles. The number of rotatable bonds is 0. The molecule has 0 saturated heterocycles. The molecule has 1 aromatic carbocycles. The summed E-state index contributed by atoms with van der Waals surface area (Å²) in [4.78, 5) is 0. The highest BCUT2D eigenvalue weighted by Gasteiger charge is 2.25. The molecule has 64 valence electrons. The number of fused-ring (bicyclic) bond motifs is 1. The summed E-state index contributed by atoms with van der Waals surface area (Å²) in [5.74, 6) is 0.475. The maximum absolute atomic E-state index is 11.2. The number of nitrogens with zero attached hydrogens (tertiary/aromatic N) is 1. The Balaban J connectivity index is 2.57. The van der Waals surface area contributed by atoms with Crippen LogP contribution in [-0.4, -0.2) is 0 Å². The number of anilines is 1. The fraction of sp³-hybridized carbons (Fsp3) is 0.143. The van der Waals surface area contributed by atoms with Crippen LogP contribution in [0.3, 0.4) is 0 Å². The van der Waals surface area contributed by atoms with Crippen LogP contribution in [0.5, 0.6) is 0 Å². The average Bonchev–Trinajstić information content (AvgIpc) is 2.28. The molecule has 12 heavy (non-hydrogen) atoms. The van der Waals surface area contributed by atoms with E-state index in [1.807, 2.05) is 0 Å². The Kier molecular flexibility index (Phi) is 1.55. The minimum Gasteiger partial charge on any atom is -0.614 e. The second-order valence-corrected chi connectivity index (χ2v) is 3.69. The van der Waals surface area contributed by atoms with Crippen LogP contribution in [0.4, 0.5) is 11.4 Å². The first-order chi connectivity index (χ1) is 5.59. The third kappa shape index (κ3) is 1.07. The zero-order valence-electron chi connectivity index (χ0n) is 6.19. The van der Waals surface area contributed by atoms with Crippen molar-refractivity contribution >= 4 is 23.3 Å². The van der Waals surface area contributed by atoms with Crippen LogP contribution >= 0.6 is 11.9 Å². The van der Waals surface area contributed by atoms with Gasteiger partial charge < -0.3 is 20.4 Å². The van der Waals surface area contributed by atoms with E-state index in [4.69, 9.17) is 5.73 Å². The van der Waals surface area contributed by atoms with Gasteiger partial charge in [-0.1, -0.05) is 0 Å². The highest BCUT2D eigenvalue weighted by molar-refractivity contribution is 7.98. The monoisotopic (exact) mass is 183 g/mol.